The van der Waals surface area contributed by atoms with Gasteiger partial charge in [0.05, 0.1) is 12.3 Å². The summed E-state index contributed by atoms with van der Waals surface area (Å²) in [4.78, 5) is 20.9. The first kappa shape index (κ1) is 18.7. The summed E-state index contributed by atoms with van der Waals surface area (Å²) < 4.78 is 5.58. The molecule has 0 radical (unpaired) electrons. The van der Waals surface area contributed by atoms with Crippen LogP contribution in [0, 0.1) is 6.92 Å². The molecule has 0 saturated heterocycles. The van der Waals surface area contributed by atoms with Crippen molar-refractivity contribution >= 4 is 34.8 Å². The zero-order valence-corrected chi connectivity index (χ0v) is 15.7. The quantitative estimate of drug-likeness (QED) is 0.638. The van der Waals surface area contributed by atoms with Crippen LogP contribution in [0.4, 0.5) is 17.3 Å². The van der Waals surface area contributed by atoms with Crippen LogP contribution in [-0.4, -0.2) is 22.5 Å². The first-order chi connectivity index (χ1) is 13.1. The minimum atomic E-state index is -0.349. The fourth-order valence-electron chi connectivity index (χ4n) is 2.38. The van der Waals surface area contributed by atoms with Crippen molar-refractivity contribution < 1.29 is 9.53 Å². The van der Waals surface area contributed by atoms with Gasteiger partial charge in [-0.25, -0.2) is 9.97 Å². The number of aryl methyl sites for hydroxylation is 1. The van der Waals surface area contributed by atoms with Gasteiger partial charge in [-0.1, -0.05) is 29.8 Å². The molecule has 1 amide bonds. The summed E-state index contributed by atoms with van der Waals surface area (Å²) in [6, 6.07) is 14.3. The largest absolute Gasteiger partial charge is 0.492 e. The average molecular weight is 383 g/mol. The molecular formula is C20H19ClN4O2. The topological polar surface area (TPSA) is 76.1 Å². The van der Waals surface area contributed by atoms with Gasteiger partial charge in [-0.05, 0) is 49.7 Å². The SMILES string of the molecule is CCOc1ccccc1Nc1nccc(C(=O)Nc2ccc(C)c(Cl)c2)n1. The first-order valence-electron chi connectivity index (χ1n) is 8.46. The maximum absolute atomic E-state index is 12.5. The van der Waals surface area contributed by atoms with E-state index in [1.54, 1.807) is 18.2 Å². The van der Waals surface area contributed by atoms with Crippen molar-refractivity contribution in [2.45, 2.75) is 13.8 Å². The van der Waals surface area contributed by atoms with Gasteiger partial charge in [0.1, 0.15) is 11.4 Å². The molecule has 2 aromatic carbocycles. The zero-order chi connectivity index (χ0) is 19.2. The highest BCUT2D eigenvalue weighted by molar-refractivity contribution is 6.31. The van der Waals surface area contributed by atoms with E-state index in [1.165, 1.54) is 6.20 Å². The molecule has 0 bridgehead atoms. The van der Waals surface area contributed by atoms with E-state index < -0.39 is 0 Å². The van der Waals surface area contributed by atoms with Gasteiger partial charge in [-0.2, -0.15) is 0 Å². The number of benzene rings is 2. The molecule has 0 aliphatic rings. The lowest BCUT2D eigenvalue weighted by Crippen LogP contribution is -2.15. The Kier molecular flexibility index (Phi) is 5.88. The van der Waals surface area contributed by atoms with Crippen molar-refractivity contribution in [1.29, 1.82) is 0 Å². The number of hydrogen-bond acceptors (Lipinski definition) is 5. The first-order valence-corrected chi connectivity index (χ1v) is 8.84. The second-order valence-corrected chi connectivity index (χ2v) is 6.14. The van der Waals surface area contributed by atoms with E-state index in [4.69, 9.17) is 16.3 Å². The van der Waals surface area contributed by atoms with Crippen LogP contribution in [0.1, 0.15) is 23.0 Å². The normalized spacial score (nSPS) is 10.3. The highest BCUT2D eigenvalue weighted by Crippen LogP contribution is 2.26. The number of nitrogens with zero attached hydrogens (tertiary/aromatic N) is 2. The molecular weight excluding hydrogens is 364 g/mol. The monoisotopic (exact) mass is 382 g/mol. The van der Waals surface area contributed by atoms with Crippen LogP contribution in [-0.2, 0) is 0 Å². The van der Waals surface area contributed by atoms with Crippen molar-refractivity contribution in [3.05, 3.63) is 71.0 Å². The molecule has 27 heavy (non-hydrogen) atoms. The Balaban J connectivity index is 1.77. The standard InChI is InChI=1S/C20H19ClN4O2/c1-3-27-18-7-5-4-6-16(18)24-20-22-11-10-17(25-20)19(26)23-14-9-8-13(2)15(21)12-14/h4-12H,3H2,1-2H3,(H,23,26)(H,22,24,25). The number of anilines is 3. The molecule has 0 aliphatic carbocycles. The van der Waals surface area contributed by atoms with Crippen molar-refractivity contribution in [2.75, 3.05) is 17.2 Å². The fraction of sp³-hybridized carbons (Fsp3) is 0.150. The predicted molar refractivity (Wildman–Crippen MR) is 107 cm³/mol. The Hall–Kier alpha value is -3.12. The number of aromatic nitrogens is 2. The van der Waals surface area contributed by atoms with Crippen LogP contribution in [0.3, 0.4) is 0 Å². The lowest BCUT2D eigenvalue weighted by atomic mass is 10.2. The van der Waals surface area contributed by atoms with Crippen molar-refractivity contribution in [2.24, 2.45) is 0 Å². The number of rotatable bonds is 6. The van der Waals surface area contributed by atoms with Gasteiger partial charge in [-0.15, -0.1) is 0 Å². The number of carbonyl (C=O) groups excluding carboxylic acids is 1. The lowest BCUT2D eigenvalue weighted by molar-refractivity contribution is 0.102. The molecule has 0 atom stereocenters. The summed E-state index contributed by atoms with van der Waals surface area (Å²) in [5, 5.41) is 6.46. The Bertz CT molecular complexity index is 962. The summed E-state index contributed by atoms with van der Waals surface area (Å²) in [5.74, 6) is 0.642. The highest BCUT2D eigenvalue weighted by Gasteiger charge is 2.11. The van der Waals surface area contributed by atoms with Gasteiger partial charge >= 0.3 is 0 Å². The average Bonchev–Trinajstić information content (AvgIpc) is 2.67. The van der Waals surface area contributed by atoms with Crippen LogP contribution in [0.2, 0.25) is 5.02 Å². The van der Waals surface area contributed by atoms with Gasteiger partial charge in [0.2, 0.25) is 5.95 Å². The number of nitrogens with one attached hydrogen (secondary N) is 2. The molecule has 6 nitrogen and oxygen atoms in total. The van der Waals surface area contributed by atoms with E-state index >= 15 is 0 Å². The molecule has 138 valence electrons. The van der Waals surface area contributed by atoms with E-state index in [0.29, 0.717) is 29.0 Å². The van der Waals surface area contributed by atoms with Gasteiger partial charge in [0, 0.05) is 16.9 Å². The van der Waals surface area contributed by atoms with Crippen molar-refractivity contribution in [3.8, 4) is 5.75 Å². The molecule has 0 fully saturated rings. The van der Waals surface area contributed by atoms with Crippen LogP contribution < -0.4 is 15.4 Å². The van der Waals surface area contributed by atoms with E-state index in [9.17, 15) is 4.79 Å². The van der Waals surface area contributed by atoms with Gasteiger partial charge in [-0.3, -0.25) is 4.79 Å². The lowest BCUT2D eigenvalue weighted by Gasteiger charge is -2.11. The minimum absolute atomic E-state index is 0.234. The van der Waals surface area contributed by atoms with E-state index in [-0.39, 0.29) is 11.6 Å². The maximum atomic E-state index is 12.5. The Morgan fingerprint density at radius 3 is 2.78 bits per heavy atom. The van der Waals surface area contributed by atoms with Gasteiger partial charge in [0.25, 0.3) is 5.91 Å². The summed E-state index contributed by atoms with van der Waals surface area (Å²) >= 11 is 6.10. The Morgan fingerprint density at radius 1 is 1.19 bits per heavy atom. The number of para-hydroxylation sites is 2. The zero-order valence-electron chi connectivity index (χ0n) is 15.0. The molecule has 0 saturated carbocycles. The smallest absolute Gasteiger partial charge is 0.274 e. The molecule has 0 spiro atoms. The third-order valence-corrected chi connectivity index (χ3v) is 4.16. The molecule has 3 aromatic rings. The number of ether oxygens (including phenoxy) is 1. The predicted octanol–water partition coefficient (Wildman–Crippen LogP) is 4.83. The molecule has 2 N–H and O–H groups in total. The number of hydrogen-bond donors (Lipinski definition) is 2. The van der Waals surface area contributed by atoms with Crippen LogP contribution in [0.25, 0.3) is 0 Å². The highest BCUT2D eigenvalue weighted by atomic mass is 35.5. The summed E-state index contributed by atoms with van der Waals surface area (Å²) in [6.07, 6.45) is 1.52. The molecule has 1 aromatic heterocycles. The molecule has 0 unspecified atom stereocenters. The van der Waals surface area contributed by atoms with Crippen LogP contribution in [0.15, 0.2) is 54.7 Å². The third-order valence-electron chi connectivity index (χ3n) is 3.75. The second kappa shape index (κ2) is 8.51. The Labute approximate surface area is 162 Å². The van der Waals surface area contributed by atoms with Crippen molar-refractivity contribution in [1.82, 2.24) is 9.97 Å². The molecule has 7 heteroatoms. The van der Waals surface area contributed by atoms with E-state index in [0.717, 1.165) is 11.3 Å². The van der Waals surface area contributed by atoms with Crippen LogP contribution >= 0.6 is 11.6 Å². The maximum Gasteiger partial charge on any atom is 0.274 e. The molecule has 0 aliphatic heterocycles. The Morgan fingerprint density at radius 2 is 2.00 bits per heavy atom. The van der Waals surface area contributed by atoms with E-state index in [1.807, 2.05) is 44.2 Å². The van der Waals surface area contributed by atoms with Gasteiger partial charge < -0.3 is 15.4 Å². The summed E-state index contributed by atoms with van der Waals surface area (Å²) in [7, 11) is 0. The number of halogens is 1. The third kappa shape index (κ3) is 4.74. The summed E-state index contributed by atoms with van der Waals surface area (Å²) in [6.45, 7) is 4.35. The molecule has 3 rings (SSSR count). The van der Waals surface area contributed by atoms with Crippen LogP contribution in [0.5, 0.6) is 5.75 Å². The number of carbonyl (C=O) groups is 1. The van der Waals surface area contributed by atoms with E-state index in [2.05, 4.69) is 20.6 Å². The summed E-state index contributed by atoms with van der Waals surface area (Å²) in [5.41, 5.74) is 2.50. The van der Waals surface area contributed by atoms with Crippen molar-refractivity contribution in [3.63, 3.8) is 0 Å². The molecule has 1 heterocycles. The minimum Gasteiger partial charge on any atom is -0.492 e. The fourth-order valence-corrected chi connectivity index (χ4v) is 2.56. The van der Waals surface area contributed by atoms with Gasteiger partial charge in [0.15, 0.2) is 0 Å². The number of amides is 1. The second-order valence-electron chi connectivity index (χ2n) is 5.74.